The van der Waals surface area contributed by atoms with Crippen molar-refractivity contribution in [1.29, 1.82) is 0 Å². The summed E-state index contributed by atoms with van der Waals surface area (Å²) in [6.45, 7) is 7.83. The zero-order valence-corrected chi connectivity index (χ0v) is 18.4. The molecule has 164 valence electrons. The van der Waals surface area contributed by atoms with Crippen molar-refractivity contribution in [1.82, 2.24) is 25.3 Å². The molecule has 2 saturated heterocycles. The van der Waals surface area contributed by atoms with Crippen LogP contribution in [0.25, 0.3) is 0 Å². The number of aryl methyl sites for hydroxylation is 1. The molecule has 2 aliphatic heterocycles. The molecule has 2 unspecified atom stereocenters. The minimum Gasteiger partial charge on any atom is -0.379 e. The summed E-state index contributed by atoms with van der Waals surface area (Å²) in [6, 6.07) is 10.9. The Morgan fingerprint density at radius 1 is 1.27 bits per heavy atom. The fourth-order valence-electron chi connectivity index (χ4n) is 4.14. The van der Waals surface area contributed by atoms with Gasteiger partial charge < -0.3 is 15.4 Å². The number of carbonyl (C=O) groups is 1. The van der Waals surface area contributed by atoms with Gasteiger partial charge in [0.05, 0.1) is 25.3 Å². The van der Waals surface area contributed by atoms with Crippen molar-refractivity contribution in [2.45, 2.75) is 31.8 Å². The molecule has 30 heavy (non-hydrogen) atoms. The van der Waals surface area contributed by atoms with Crippen molar-refractivity contribution < 1.29 is 9.53 Å². The SMILES string of the molecule is Cc1ccc(C(CNC(=O)c2ccn(C3CCCNC3)n2)N2CCOCC2)cc1.Cl. The predicted molar refractivity (Wildman–Crippen MR) is 119 cm³/mol. The van der Waals surface area contributed by atoms with E-state index in [0.29, 0.717) is 18.3 Å². The van der Waals surface area contributed by atoms with E-state index in [-0.39, 0.29) is 24.4 Å². The molecule has 0 saturated carbocycles. The van der Waals surface area contributed by atoms with Crippen LogP contribution in [0.5, 0.6) is 0 Å². The molecular formula is C22H32ClN5O2. The maximum atomic E-state index is 12.8. The quantitative estimate of drug-likeness (QED) is 0.731. The van der Waals surface area contributed by atoms with Gasteiger partial charge in [-0.05, 0) is 37.9 Å². The first-order chi connectivity index (χ1) is 14.2. The maximum Gasteiger partial charge on any atom is 0.271 e. The smallest absolute Gasteiger partial charge is 0.271 e. The lowest BCUT2D eigenvalue weighted by molar-refractivity contribution is 0.0162. The number of ether oxygens (including phenoxy) is 1. The number of hydrogen-bond acceptors (Lipinski definition) is 5. The van der Waals surface area contributed by atoms with E-state index in [1.165, 1.54) is 11.1 Å². The van der Waals surface area contributed by atoms with Crippen molar-refractivity contribution in [3.05, 3.63) is 53.3 Å². The van der Waals surface area contributed by atoms with Gasteiger partial charge in [0.1, 0.15) is 5.69 Å². The highest BCUT2D eigenvalue weighted by Crippen LogP contribution is 2.22. The summed E-state index contributed by atoms with van der Waals surface area (Å²) in [5, 5.41) is 11.0. The molecule has 3 heterocycles. The third-order valence-electron chi connectivity index (χ3n) is 5.89. The average molecular weight is 434 g/mol. The molecule has 0 aliphatic carbocycles. The van der Waals surface area contributed by atoms with E-state index in [2.05, 4.69) is 51.8 Å². The van der Waals surface area contributed by atoms with Crippen molar-refractivity contribution in [3.63, 3.8) is 0 Å². The molecule has 8 heteroatoms. The van der Waals surface area contributed by atoms with E-state index in [4.69, 9.17) is 4.74 Å². The molecule has 7 nitrogen and oxygen atoms in total. The fourth-order valence-corrected chi connectivity index (χ4v) is 4.14. The van der Waals surface area contributed by atoms with Gasteiger partial charge in [-0.3, -0.25) is 14.4 Å². The van der Waals surface area contributed by atoms with Crippen molar-refractivity contribution >= 4 is 18.3 Å². The first kappa shape index (κ1) is 22.7. The van der Waals surface area contributed by atoms with Crippen LogP contribution in [0.2, 0.25) is 0 Å². The number of amides is 1. The van der Waals surface area contributed by atoms with Gasteiger partial charge in [-0.1, -0.05) is 29.8 Å². The zero-order chi connectivity index (χ0) is 20.1. The summed E-state index contributed by atoms with van der Waals surface area (Å²) in [7, 11) is 0. The Balaban J connectivity index is 0.00000256. The van der Waals surface area contributed by atoms with E-state index >= 15 is 0 Å². The second-order valence-electron chi connectivity index (χ2n) is 7.97. The molecule has 1 amide bonds. The predicted octanol–water partition coefficient (Wildman–Crippen LogP) is 2.34. The molecule has 2 aliphatic rings. The molecule has 1 aromatic heterocycles. The largest absolute Gasteiger partial charge is 0.379 e. The molecule has 2 fully saturated rings. The van der Waals surface area contributed by atoms with E-state index in [9.17, 15) is 4.79 Å². The first-order valence-electron chi connectivity index (χ1n) is 10.6. The Labute approximate surface area is 184 Å². The number of nitrogens with zero attached hydrogens (tertiary/aromatic N) is 3. The summed E-state index contributed by atoms with van der Waals surface area (Å²) < 4.78 is 7.44. The molecule has 0 bridgehead atoms. The third kappa shape index (κ3) is 5.60. The molecular weight excluding hydrogens is 402 g/mol. The lowest BCUT2D eigenvalue weighted by atomic mass is 10.0. The molecule has 0 spiro atoms. The van der Waals surface area contributed by atoms with Gasteiger partial charge in [-0.15, -0.1) is 12.4 Å². The first-order valence-corrected chi connectivity index (χ1v) is 10.6. The normalized spacial score (nSPS) is 20.9. The third-order valence-corrected chi connectivity index (χ3v) is 5.89. The highest BCUT2D eigenvalue weighted by Gasteiger charge is 2.24. The highest BCUT2D eigenvalue weighted by molar-refractivity contribution is 5.92. The zero-order valence-electron chi connectivity index (χ0n) is 17.5. The van der Waals surface area contributed by atoms with Gasteiger partial charge in [0.15, 0.2) is 0 Å². The van der Waals surface area contributed by atoms with Gasteiger partial charge in [0.25, 0.3) is 5.91 Å². The van der Waals surface area contributed by atoms with Crippen molar-refractivity contribution in [2.75, 3.05) is 45.9 Å². The summed E-state index contributed by atoms with van der Waals surface area (Å²) in [4.78, 5) is 15.2. The van der Waals surface area contributed by atoms with Gasteiger partial charge in [-0.25, -0.2) is 0 Å². The van der Waals surface area contributed by atoms with Gasteiger partial charge in [0, 0.05) is 32.4 Å². The van der Waals surface area contributed by atoms with E-state index in [1.807, 2.05) is 16.9 Å². The number of benzene rings is 1. The van der Waals surface area contributed by atoms with E-state index < -0.39 is 0 Å². The van der Waals surface area contributed by atoms with Crippen LogP contribution in [-0.2, 0) is 4.74 Å². The minimum atomic E-state index is -0.113. The average Bonchev–Trinajstić information content (AvgIpc) is 3.27. The van der Waals surface area contributed by atoms with Crippen LogP contribution in [0.15, 0.2) is 36.5 Å². The van der Waals surface area contributed by atoms with Crippen LogP contribution >= 0.6 is 12.4 Å². The fraction of sp³-hybridized carbons (Fsp3) is 0.545. The lowest BCUT2D eigenvalue weighted by Crippen LogP contribution is -2.43. The number of rotatable bonds is 6. The Morgan fingerprint density at radius 3 is 2.73 bits per heavy atom. The van der Waals surface area contributed by atoms with Crippen molar-refractivity contribution in [2.24, 2.45) is 0 Å². The van der Waals surface area contributed by atoms with E-state index in [1.54, 1.807) is 0 Å². The number of hydrogen-bond donors (Lipinski definition) is 2. The molecule has 2 aromatic rings. The van der Waals surface area contributed by atoms with Crippen LogP contribution in [-0.4, -0.2) is 66.5 Å². The van der Waals surface area contributed by atoms with Crippen LogP contribution in [0, 0.1) is 6.92 Å². The minimum absolute atomic E-state index is 0. The summed E-state index contributed by atoms with van der Waals surface area (Å²) in [5.41, 5.74) is 2.94. The monoisotopic (exact) mass is 433 g/mol. The van der Waals surface area contributed by atoms with Gasteiger partial charge >= 0.3 is 0 Å². The van der Waals surface area contributed by atoms with Gasteiger partial charge in [0.2, 0.25) is 0 Å². The van der Waals surface area contributed by atoms with Crippen LogP contribution in [0.4, 0.5) is 0 Å². The maximum absolute atomic E-state index is 12.8. The highest BCUT2D eigenvalue weighted by atomic mass is 35.5. The molecule has 2 atom stereocenters. The number of morpholine rings is 1. The van der Waals surface area contributed by atoms with Crippen molar-refractivity contribution in [3.8, 4) is 0 Å². The molecule has 0 radical (unpaired) electrons. The number of halogens is 1. The second kappa shape index (κ2) is 10.9. The van der Waals surface area contributed by atoms with Crippen LogP contribution in [0.3, 0.4) is 0 Å². The summed E-state index contributed by atoms with van der Waals surface area (Å²) in [5.74, 6) is -0.113. The standard InChI is InChI=1S/C22H31N5O2.ClH/c1-17-4-6-18(7-5-17)21(26-11-13-29-14-12-26)16-24-22(28)20-8-10-27(25-20)19-3-2-9-23-15-19;/h4-8,10,19,21,23H,2-3,9,11-16H2,1H3,(H,24,28);1H. The number of nitrogens with one attached hydrogen (secondary N) is 2. The Bertz CT molecular complexity index is 798. The Kier molecular flexibility index (Phi) is 8.27. The summed E-state index contributed by atoms with van der Waals surface area (Å²) >= 11 is 0. The molecule has 1 aromatic carbocycles. The lowest BCUT2D eigenvalue weighted by Gasteiger charge is -2.35. The number of carbonyl (C=O) groups excluding carboxylic acids is 1. The molecule has 2 N–H and O–H groups in total. The van der Waals surface area contributed by atoms with Gasteiger partial charge in [-0.2, -0.15) is 5.10 Å². The summed E-state index contributed by atoms with van der Waals surface area (Å²) in [6.07, 6.45) is 4.16. The van der Waals surface area contributed by atoms with Crippen LogP contribution in [0.1, 0.15) is 46.5 Å². The molecule has 4 rings (SSSR count). The Morgan fingerprint density at radius 2 is 2.03 bits per heavy atom. The second-order valence-corrected chi connectivity index (χ2v) is 7.97. The number of aromatic nitrogens is 2. The Hall–Kier alpha value is -1.93. The van der Waals surface area contributed by atoms with Crippen LogP contribution < -0.4 is 10.6 Å². The number of piperidine rings is 1. The topological polar surface area (TPSA) is 71.4 Å². The van der Waals surface area contributed by atoms with E-state index in [0.717, 1.165) is 52.2 Å².